The van der Waals surface area contributed by atoms with E-state index in [1.54, 1.807) is 0 Å². The predicted molar refractivity (Wildman–Crippen MR) is 94.7 cm³/mol. The topological polar surface area (TPSA) is 152 Å². The first-order chi connectivity index (χ1) is 13.1. The minimum atomic E-state index is -5.84. The Bertz CT molecular complexity index is 886. The van der Waals surface area contributed by atoms with E-state index in [4.69, 9.17) is 31.7 Å². The minimum absolute atomic E-state index is 0.130. The highest BCUT2D eigenvalue weighted by molar-refractivity contribution is 7.87. The van der Waals surface area contributed by atoms with E-state index in [9.17, 15) is 30.6 Å². The number of nitrogens with two attached hydrogens (primary N) is 1. The molecule has 0 bridgehead atoms. The summed E-state index contributed by atoms with van der Waals surface area (Å²) in [5.41, 5.74) is -4.07. The predicted octanol–water partition coefficient (Wildman–Crippen LogP) is 1.87. The molecule has 1 aromatic carbocycles. The molecule has 0 aliphatic carbocycles. The van der Waals surface area contributed by atoms with Gasteiger partial charge in [0.15, 0.2) is 0 Å². The van der Waals surface area contributed by atoms with E-state index in [2.05, 4.69) is 12.1 Å². The monoisotopic (exact) mass is 509 g/mol. The summed E-state index contributed by atoms with van der Waals surface area (Å²) in [5.74, 6) is 0.643. The minimum Gasteiger partial charge on any atom is -0.324 e. The summed E-state index contributed by atoms with van der Waals surface area (Å²) in [7, 11) is -12.4. The van der Waals surface area contributed by atoms with E-state index < -0.39 is 42.1 Å². The van der Waals surface area contributed by atoms with Crippen LogP contribution < -0.4 is 5.73 Å². The SMILES string of the molecule is C[C@]1(N)C[S@](=O)C1Cc1ccccc1.O=S(=O)(O)C(F)(F)F.O=S(=O)(O)C(F)(F)F. The van der Waals surface area contributed by atoms with Crippen LogP contribution in [-0.4, -0.2) is 57.7 Å². The fourth-order valence-electron chi connectivity index (χ4n) is 1.86. The first-order valence-electron chi connectivity index (χ1n) is 7.37. The molecule has 176 valence electrons. The first-order valence-corrected chi connectivity index (χ1v) is 11.6. The van der Waals surface area contributed by atoms with Gasteiger partial charge in [0.1, 0.15) is 0 Å². The second-order valence-electron chi connectivity index (χ2n) is 6.05. The molecule has 8 nitrogen and oxygen atoms in total. The fraction of sp³-hybridized carbons (Fsp3) is 0.538. The molecule has 0 saturated carbocycles. The molecule has 1 aromatic rings. The molecule has 1 fully saturated rings. The van der Waals surface area contributed by atoms with Crippen LogP contribution in [0.15, 0.2) is 30.3 Å². The van der Waals surface area contributed by atoms with Crippen molar-refractivity contribution in [3.8, 4) is 0 Å². The Hall–Kier alpha value is -1.27. The summed E-state index contributed by atoms with van der Waals surface area (Å²) in [6.07, 6.45) is 0.834. The molecular formula is C13H17F6NO7S3. The molecular weight excluding hydrogens is 492 g/mol. The summed E-state index contributed by atoms with van der Waals surface area (Å²) in [5, 5.41) is 0.130. The highest BCUT2D eigenvalue weighted by atomic mass is 32.2. The molecule has 3 atom stereocenters. The van der Waals surface area contributed by atoms with Gasteiger partial charge in [-0.25, -0.2) is 0 Å². The van der Waals surface area contributed by atoms with Gasteiger partial charge in [0.05, 0.1) is 5.25 Å². The molecule has 0 radical (unpaired) electrons. The average molecular weight is 509 g/mol. The van der Waals surface area contributed by atoms with Crippen LogP contribution in [0.25, 0.3) is 0 Å². The standard InChI is InChI=1S/C11H15NOS.2CHF3O3S/c1-11(12)8-14(13)10(11)7-9-5-3-2-4-6-9;2*2-1(3,4)8(5,6)7/h2-6,10H,7-8,12H2,1H3;2*(H,5,6,7)/t10?,11-,14-;;/m0../s1. The van der Waals surface area contributed by atoms with Crippen LogP contribution in [0.4, 0.5) is 26.3 Å². The van der Waals surface area contributed by atoms with Crippen molar-refractivity contribution >= 4 is 31.0 Å². The van der Waals surface area contributed by atoms with Crippen molar-refractivity contribution in [2.24, 2.45) is 5.73 Å². The lowest BCUT2D eigenvalue weighted by molar-refractivity contribution is -0.0514. The molecule has 0 amide bonds. The summed E-state index contributed by atoms with van der Waals surface area (Å²) >= 11 is 0. The molecule has 2 rings (SSSR count). The smallest absolute Gasteiger partial charge is 0.324 e. The zero-order chi connectivity index (χ0) is 24.2. The van der Waals surface area contributed by atoms with E-state index in [0.717, 1.165) is 6.42 Å². The van der Waals surface area contributed by atoms with Gasteiger partial charge >= 0.3 is 31.3 Å². The largest absolute Gasteiger partial charge is 0.522 e. The molecule has 1 unspecified atom stereocenters. The maximum Gasteiger partial charge on any atom is 0.522 e. The summed E-state index contributed by atoms with van der Waals surface area (Å²) in [6.45, 7) is 1.99. The zero-order valence-electron chi connectivity index (χ0n) is 14.9. The van der Waals surface area contributed by atoms with E-state index in [1.165, 1.54) is 5.56 Å². The Morgan fingerprint density at radius 3 is 1.57 bits per heavy atom. The fourth-order valence-corrected chi connectivity index (χ4v) is 3.64. The van der Waals surface area contributed by atoms with Crippen LogP contribution in [0.1, 0.15) is 12.5 Å². The van der Waals surface area contributed by atoms with Crippen LogP contribution in [-0.2, 0) is 37.5 Å². The van der Waals surface area contributed by atoms with Gasteiger partial charge in [-0.15, -0.1) is 0 Å². The molecule has 1 saturated heterocycles. The average Bonchev–Trinajstić information content (AvgIpc) is 2.51. The molecule has 0 aromatic heterocycles. The molecule has 1 aliphatic rings. The Kier molecular flexibility index (Phi) is 9.48. The normalized spacial score (nSPS) is 24.5. The third-order valence-electron chi connectivity index (χ3n) is 3.36. The van der Waals surface area contributed by atoms with Crippen LogP contribution in [0.2, 0.25) is 0 Å². The molecule has 17 heteroatoms. The van der Waals surface area contributed by atoms with Gasteiger partial charge in [0.2, 0.25) is 0 Å². The molecule has 1 aliphatic heterocycles. The third-order valence-corrected chi connectivity index (χ3v) is 6.77. The maximum absolute atomic E-state index is 11.5. The zero-order valence-corrected chi connectivity index (χ0v) is 17.3. The van der Waals surface area contributed by atoms with Crippen LogP contribution >= 0.6 is 0 Å². The maximum atomic E-state index is 11.5. The second-order valence-corrected chi connectivity index (χ2v) is 10.5. The van der Waals surface area contributed by atoms with Gasteiger partial charge in [-0.05, 0) is 18.9 Å². The lowest BCUT2D eigenvalue weighted by Crippen LogP contribution is -2.65. The number of halogens is 6. The number of benzene rings is 1. The van der Waals surface area contributed by atoms with Crippen molar-refractivity contribution in [2.45, 2.75) is 35.2 Å². The van der Waals surface area contributed by atoms with E-state index in [1.807, 2.05) is 25.1 Å². The van der Waals surface area contributed by atoms with Gasteiger partial charge in [-0.2, -0.15) is 43.2 Å². The van der Waals surface area contributed by atoms with Gasteiger partial charge in [-0.3, -0.25) is 13.3 Å². The highest BCUT2D eigenvalue weighted by Gasteiger charge is 2.46. The van der Waals surface area contributed by atoms with Crippen molar-refractivity contribution in [3.63, 3.8) is 0 Å². The van der Waals surface area contributed by atoms with Crippen molar-refractivity contribution in [1.29, 1.82) is 0 Å². The lowest BCUT2D eigenvalue weighted by atomic mass is 9.94. The van der Waals surface area contributed by atoms with Crippen LogP contribution in [0.3, 0.4) is 0 Å². The molecule has 0 spiro atoms. The number of alkyl halides is 6. The van der Waals surface area contributed by atoms with Crippen LogP contribution in [0, 0.1) is 0 Å². The van der Waals surface area contributed by atoms with Gasteiger partial charge < -0.3 is 5.73 Å². The second kappa shape index (κ2) is 9.90. The van der Waals surface area contributed by atoms with Crippen molar-refractivity contribution in [2.75, 3.05) is 5.75 Å². The van der Waals surface area contributed by atoms with Crippen molar-refractivity contribution in [3.05, 3.63) is 35.9 Å². The number of hydrogen-bond donors (Lipinski definition) is 3. The Balaban J connectivity index is 0.000000456. The molecule has 30 heavy (non-hydrogen) atoms. The Labute approximate surface area is 170 Å². The highest BCUT2D eigenvalue weighted by Crippen LogP contribution is 2.29. The van der Waals surface area contributed by atoms with Gasteiger partial charge in [-0.1, -0.05) is 30.3 Å². The Morgan fingerprint density at radius 1 is 1.00 bits per heavy atom. The summed E-state index contributed by atoms with van der Waals surface area (Å²) in [6, 6.07) is 10.1. The van der Waals surface area contributed by atoms with Crippen molar-refractivity contribution in [1.82, 2.24) is 0 Å². The van der Waals surface area contributed by atoms with Gasteiger partial charge in [0.25, 0.3) is 0 Å². The van der Waals surface area contributed by atoms with E-state index >= 15 is 0 Å². The molecule has 4 N–H and O–H groups in total. The van der Waals surface area contributed by atoms with Crippen LogP contribution in [0.5, 0.6) is 0 Å². The number of hydrogen-bond acceptors (Lipinski definition) is 6. The first kappa shape index (κ1) is 28.7. The van der Waals surface area contributed by atoms with Crippen molar-refractivity contribution < 1.29 is 56.5 Å². The third kappa shape index (κ3) is 9.25. The van der Waals surface area contributed by atoms with E-state index in [-0.39, 0.29) is 10.8 Å². The summed E-state index contributed by atoms with van der Waals surface area (Å²) < 4.78 is 127. The van der Waals surface area contributed by atoms with E-state index in [0.29, 0.717) is 5.75 Å². The quantitative estimate of drug-likeness (QED) is 0.310. The summed E-state index contributed by atoms with van der Waals surface area (Å²) in [4.78, 5) is 0. The Morgan fingerprint density at radius 2 is 1.33 bits per heavy atom. The molecule has 1 heterocycles. The number of rotatable bonds is 2. The van der Waals surface area contributed by atoms with Gasteiger partial charge in [0, 0.05) is 22.1 Å². The lowest BCUT2D eigenvalue weighted by Gasteiger charge is -2.43.